The van der Waals surface area contributed by atoms with Crippen molar-refractivity contribution in [1.29, 1.82) is 0 Å². The molecule has 6 nitrogen and oxygen atoms in total. The molecule has 25 heavy (non-hydrogen) atoms. The van der Waals surface area contributed by atoms with Gasteiger partial charge in [-0.15, -0.1) is 0 Å². The molecule has 1 amide bonds. The molecule has 6 heteroatoms. The molecule has 1 fully saturated rings. The number of hydrogen-bond donors (Lipinski definition) is 1. The molecule has 2 heterocycles. The maximum atomic E-state index is 12.7. The fraction of sp³-hybridized carbons (Fsp3) is 0.421. The Kier molecular flexibility index (Phi) is 5.40. The molecular weight excluding hydrogens is 316 g/mol. The first-order valence-corrected chi connectivity index (χ1v) is 8.54. The van der Waals surface area contributed by atoms with Crippen molar-refractivity contribution in [2.24, 2.45) is 5.92 Å². The van der Waals surface area contributed by atoms with Crippen molar-refractivity contribution in [1.82, 2.24) is 19.8 Å². The summed E-state index contributed by atoms with van der Waals surface area (Å²) in [7, 11) is 4.00. The average Bonchev–Trinajstić information content (AvgIpc) is 2.63. The zero-order valence-corrected chi connectivity index (χ0v) is 14.7. The summed E-state index contributed by atoms with van der Waals surface area (Å²) >= 11 is 0. The van der Waals surface area contributed by atoms with Crippen LogP contribution in [-0.4, -0.2) is 70.6 Å². The highest BCUT2D eigenvalue weighted by atomic mass is 16.3. The number of β-amino-alcohol motifs (C(OH)–C–C–N with tert-alkyl or cyclic N) is 1. The van der Waals surface area contributed by atoms with Gasteiger partial charge in [-0.1, -0.05) is 12.1 Å². The lowest BCUT2D eigenvalue weighted by molar-refractivity contribution is 0.0124. The number of rotatable bonds is 4. The third-order valence-corrected chi connectivity index (χ3v) is 4.56. The monoisotopic (exact) mass is 340 g/mol. The van der Waals surface area contributed by atoms with Gasteiger partial charge < -0.3 is 14.9 Å². The van der Waals surface area contributed by atoms with Crippen LogP contribution in [0.2, 0.25) is 0 Å². The van der Waals surface area contributed by atoms with E-state index in [0.717, 1.165) is 18.5 Å². The molecule has 0 aliphatic carbocycles. The Morgan fingerprint density at radius 3 is 2.52 bits per heavy atom. The maximum absolute atomic E-state index is 12.7. The quantitative estimate of drug-likeness (QED) is 0.914. The lowest BCUT2D eigenvalue weighted by atomic mass is 9.93. The Morgan fingerprint density at radius 2 is 1.92 bits per heavy atom. The van der Waals surface area contributed by atoms with E-state index in [0.29, 0.717) is 24.5 Å². The molecule has 1 aromatic carbocycles. The number of aliphatic hydroxyl groups excluding tert-OH is 1. The van der Waals surface area contributed by atoms with Crippen molar-refractivity contribution < 1.29 is 9.90 Å². The third-order valence-electron chi connectivity index (χ3n) is 4.56. The first-order chi connectivity index (χ1) is 12.0. The van der Waals surface area contributed by atoms with Crippen LogP contribution in [0.4, 0.5) is 0 Å². The van der Waals surface area contributed by atoms with E-state index < -0.39 is 6.10 Å². The normalized spacial score (nSPS) is 20.7. The summed E-state index contributed by atoms with van der Waals surface area (Å²) in [5.74, 6) is 0.820. The maximum Gasteiger partial charge on any atom is 0.253 e. The molecule has 1 saturated heterocycles. The Labute approximate surface area is 148 Å². The SMILES string of the molecule is CN(C)C[C@@H]1CCN(C(=O)c2ccc(-c3ncccn3)cc2)C[C@H]1O. The van der Waals surface area contributed by atoms with Gasteiger partial charge in [0.15, 0.2) is 5.82 Å². The van der Waals surface area contributed by atoms with Crippen LogP contribution in [-0.2, 0) is 0 Å². The van der Waals surface area contributed by atoms with Crippen LogP contribution in [0.5, 0.6) is 0 Å². The van der Waals surface area contributed by atoms with E-state index in [2.05, 4.69) is 14.9 Å². The first kappa shape index (κ1) is 17.5. The van der Waals surface area contributed by atoms with E-state index in [4.69, 9.17) is 0 Å². The molecule has 1 aliphatic rings. The number of likely N-dealkylation sites (tertiary alicyclic amines) is 1. The second-order valence-corrected chi connectivity index (χ2v) is 6.78. The first-order valence-electron chi connectivity index (χ1n) is 8.54. The Hall–Kier alpha value is -2.31. The zero-order chi connectivity index (χ0) is 17.8. The van der Waals surface area contributed by atoms with Gasteiger partial charge in [0.05, 0.1) is 6.10 Å². The van der Waals surface area contributed by atoms with Crippen molar-refractivity contribution >= 4 is 5.91 Å². The molecule has 0 saturated carbocycles. The summed E-state index contributed by atoms with van der Waals surface area (Å²) in [5, 5.41) is 10.3. The molecule has 1 aromatic heterocycles. The van der Waals surface area contributed by atoms with Crippen molar-refractivity contribution in [2.45, 2.75) is 12.5 Å². The van der Waals surface area contributed by atoms with Gasteiger partial charge in [0.2, 0.25) is 0 Å². The fourth-order valence-corrected chi connectivity index (χ4v) is 3.24. The van der Waals surface area contributed by atoms with Gasteiger partial charge in [-0.3, -0.25) is 4.79 Å². The van der Waals surface area contributed by atoms with Crippen LogP contribution < -0.4 is 0 Å². The Balaban J connectivity index is 1.66. The standard InChI is InChI=1S/C19H24N4O2/c1-22(2)12-16-8-11-23(13-17(16)24)19(25)15-6-4-14(5-7-15)18-20-9-3-10-21-18/h3-7,9-10,16-17,24H,8,11-13H2,1-2H3/t16-,17+/m0/s1. The highest BCUT2D eigenvalue weighted by Crippen LogP contribution is 2.21. The molecule has 1 aliphatic heterocycles. The summed E-state index contributed by atoms with van der Waals surface area (Å²) in [6, 6.07) is 9.08. The molecule has 2 aromatic rings. The predicted molar refractivity (Wildman–Crippen MR) is 96.0 cm³/mol. The molecule has 0 unspecified atom stereocenters. The minimum absolute atomic E-state index is 0.0390. The van der Waals surface area contributed by atoms with Crippen LogP contribution >= 0.6 is 0 Å². The number of aliphatic hydroxyl groups is 1. The van der Waals surface area contributed by atoms with E-state index in [1.807, 2.05) is 26.2 Å². The van der Waals surface area contributed by atoms with E-state index in [1.54, 1.807) is 35.5 Å². The molecule has 2 atom stereocenters. The van der Waals surface area contributed by atoms with Gasteiger partial charge in [-0.25, -0.2) is 9.97 Å². The molecule has 3 rings (SSSR count). The van der Waals surface area contributed by atoms with Gasteiger partial charge in [0, 0.05) is 49.1 Å². The Bertz CT molecular complexity index is 703. The molecule has 0 spiro atoms. The van der Waals surface area contributed by atoms with Gasteiger partial charge in [0.25, 0.3) is 5.91 Å². The minimum Gasteiger partial charge on any atom is -0.391 e. The predicted octanol–water partition coefficient (Wildman–Crippen LogP) is 1.53. The number of piperidine rings is 1. The highest BCUT2D eigenvalue weighted by molar-refractivity contribution is 5.94. The van der Waals surface area contributed by atoms with Crippen molar-refractivity contribution in [3.63, 3.8) is 0 Å². The van der Waals surface area contributed by atoms with E-state index >= 15 is 0 Å². The number of hydrogen-bond acceptors (Lipinski definition) is 5. The van der Waals surface area contributed by atoms with E-state index in [9.17, 15) is 9.90 Å². The summed E-state index contributed by atoms with van der Waals surface area (Å²) in [6.07, 6.45) is 3.74. The summed E-state index contributed by atoms with van der Waals surface area (Å²) in [6.45, 7) is 1.91. The van der Waals surface area contributed by atoms with Crippen LogP contribution in [0.25, 0.3) is 11.4 Å². The van der Waals surface area contributed by atoms with Crippen molar-refractivity contribution in [3.8, 4) is 11.4 Å². The molecule has 0 bridgehead atoms. The van der Waals surface area contributed by atoms with Crippen LogP contribution in [0.3, 0.4) is 0 Å². The number of aromatic nitrogens is 2. The number of nitrogens with zero attached hydrogens (tertiary/aromatic N) is 4. The van der Waals surface area contributed by atoms with E-state index in [-0.39, 0.29) is 11.8 Å². The van der Waals surface area contributed by atoms with Crippen molar-refractivity contribution in [2.75, 3.05) is 33.7 Å². The largest absolute Gasteiger partial charge is 0.391 e. The van der Waals surface area contributed by atoms with Gasteiger partial charge in [-0.2, -0.15) is 0 Å². The summed E-state index contributed by atoms with van der Waals surface area (Å²) in [4.78, 5) is 24.9. The molecule has 1 N–H and O–H groups in total. The second-order valence-electron chi connectivity index (χ2n) is 6.78. The second kappa shape index (κ2) is 7.72. The number of carbonyl (C=O) groups excluding carboxylic acids is 1. The zero-order valence-electron chi connectivity index (χ0n) is 14.7. The van der Waals surface area contributed by atoms with Gasteiger partial charge in [-0.05, 0) is 38.7 Å². The number of amides is 1. The summed E-state index contributed by atoms with van der Waals surface area (Å²) in [5.41, 5.74) is 1.50. The fourth-order valence-electron chi connectivity index (χ4n) is 3.24. The molecule has 0 radical (unpaired) electrons. The highest BCUT2D eigenvalue weighted by Gasteiger charge is 2.30. The van der Waals surface area contributed by atoms with Gasteiger partial charge in [0.1, 0.15) is 0 Å². The van der Waals surface area contributed by atoms with Crippen LogP contribution in [0.1, 0.15) is 16.8 Å². The van der Waals surface area contributed by atoms with Crippen molar-refractivity contribution in [3.05, 3.63) is 48.3 Å². The summed E-state index contributed by atoms with van der Waals surface area (Å²) < 4.78 is 0. The van der Waals surface area contributed by atoms with E-state index in [1.165, 1.54) is 0 Å². The smallest absolute Gasteiger partial charge is 0.253 e. The van der Waals surface area contributed by atoms with Crippen LogP contribution in [0.15, 0.2) is 42.7 Å². The lowest BCUT2D eigenvalue weighted by Gasteiger charge is -2.37. The molecule has 132 valence electrons. The van der Waals surface area contributed by atoms with Gasteiger partial charge >= 0.3 is 0 Å². The minimum atomic E-state index is -0.475. The number of benzene rings is 1. The molecular formula is C19H24N4O2. The number of carbonyl (C=O) groups is 1. The topological polar surface area (TPSA) is 69.6 Å². The third kappa shape index (κ3) is 4.21. The average molecular weight is 340 g/mol. The Morgan fingerprint density at radius 1 is 1.24 bits per heavy atom. The van der Waals surface area contributed by atoms with Crippen LogP contribution in [0, 0.1) is 5.92 Å². The lowest BCUT2D eigenvalue weighted by Crippen LogP contribution is -2.48.